The van der Waals surface area contributed by atoms with E-state index in [2.05, 4.69) is 5.32 Å². The average molecular weight is 448 g/mol. The zero-order valence-corrected chi connectivity index (χ0v) is 18.2. The van der Waals surface area contributed by atoms with Gasteiger partial charge in [-0.1, -0.05) is 42.5 Å². The van der Waals surface area contributed by atoms with Gasteiger partial charge in [0, 0.05) is 18.5 Å². The number of benzene rings is 3. The SMILES string of the molecule is O=C1CCC(C(=O)Nc2ccc(F)cc2)([C@@H](O)c2ccc(OCc3ccccc3)cc2)CC1. The number of hydrogen-bond acceptors (Lipinski definition) is 4. The number of amides is 1. The molecular weight excluding hydrogens is 421 g/mol. The first-order valence-corrected chi connectivity index (χ1v) is 11.0. The van der Waals surface area contributed by atoms with Gasteiger partial charge in [0.1, 0.15) is 24.0 Å². The van der Waals surface area contributed by atoms with Crippen molar-refractivity contribution in [3.05, 3.63) is 95.8 Å². The van der Waals surface area contributed by atoms with Crippen LogP contribution in [0.1, 0.15) is 42.9 Å². The Hall–Kier alpha value is -3.51. The van der Waals surface area contributed by atoms with E-state index in [1.54, 1.807) is 24.3 Å². The topological polar surface area (TPSA) is 75.6 Å². The van der Waals surface area contributed by atoms with E-state index in [0.29, 0.717) is 23.6 Å². The lowest BCUT2D eigenvalue weighted by molar-refractivity contribution is -0.139. The molecule has 2 N–H and O–H groups in total. The van der Waals surface area contributed by atoms with Crippen LogP contribution in [0.5, 0.6) is 5.75 Å². The van der Waals surface area contributed by atoms with Gasteiger partial charge in [0.05, 0.1) is 11.5 Å². The number of carbonyl (C=O) groups excluding carboxylic acids is 2. The summed E-state index contributed by atoms with van der Waals surface area (Å²) in [7, 11) is 0. The number of aliphatic hydroxyl groups is 1. The number of nitrogens with one attached hydrogen (secondary N) is 1. The van der Waals surface area contributed by atoms with Crippen LogP contribution in [0.3, 0.4) is 0 Å². The molecule has 4 rings (SSSR count). The summed E-state index contributed by atoms with van der Waals surface area (Å²) in [5.74, 6) is -0.0467. The molecule has 0 aromatic heterocycles. The van der Waals surface area contributed by atoms with Crippen LogP contribution < -0.4 is 10.1 Å². The van der Waals surface area contributed by atoms with Gasteiger partial charge in [-0.15, -0.1) is 0 Å². The predicted molar refractivity (Wildman–Crippen MR) is 123 cm³/mol. The van der Waals surface area contributed by atoms with Crippen LogP contribution in [0.2, 0.25) is 0 Å². The van der Waals surface area contributed by atoms with Gasteiger partial charge in [-0.2, -0.15) is 0 Å². The lowest BCUT2D eigenvalue weighted by atomic mass is 9.67. The number of rotatable bonds is 7. The Bertz CT molecular complexity index is 1090. The second-order valence-corrected chi connectivity index (χ2v) is 8.40. The Balaban J connectivity index is 1.51. The maximum atomic E-state index is 13.3. The van der Waals surface area contributed by atoms with Crippen molar-refractivity contribution in [1.82, 2.24) is 0 Å². The largest absolute Gasteiger partial charge is 0.489 e. The summed E-state index contributed by atoms with van der Waals surface area (Å²) in [6, 6.07) is 22.3. The first-order chi connectivity index (χ1) is 16.0. The summed E-state index contributed by atoms with van der Waals surface area (Å²) in [6.07, 6.45) is -0.161. The fourth-order valence-electron chi connectivity index (χ4n) is 4.19. The van der Waals surface area contributed by atoms with Gasteiger partial charge in [-0.3, -0.25) is 9.59 Å². The quantitative estimate of drug-likeness (QED) is 0.522. The van der Waals surface area contributed by atoms with Gasteiger partial charge >= 0.3 is 0 Å². The number of Topliss-reactive ketones (excluding diaryl/α,β-unsaturated/α-hetero) is 1. The highest BCUT2D eigenvalue weighted by Gasteiger charge is 2.48. The van der Waals surface area contributed by atoms with E-state index < -0.39 is 17.3 Å². The van der Waals surface area contributed by atoms with Crippen molar-refractivity contribution in [2.75, 3.05) is 5.32 Å². The molecule has 1 aliphatic rings. The highest BCUT2D eigenvalue weighted by molar-refractivity contribution is 5.97. The molecule has 33 heavy (non-hydrogen) atoms. The number of ketones is 1. The van der Waals surface area contributed by atoms with Crippen molar-refractivity contribution in [2.45, 2.75) is 38.4 Å². The van der Waals surface area contributed by atoms with Crippen molar-refractivity contribution in [3.63, 3.8) is 0 Å². The Morgan fingerprint density at radius 3 is 2.24 bits per heavy atom. The van der Waals surface area contributed by atoms with Crippen molar-refractivity contribution in [1.29, 1.82) is 0 Å². The van der Waals surface area contributed by atoms with E-state index in [0.717, 1.165) is 5.56 Å². The lowest BCUT2D eigenvalue weighted by Crippen LogP contribution is -2.44. The van der Waals surface area contributed by atoms with Crippen molar-refractivity contribution >= 4 is 17.4 Å². The smallest absolute Gasteiger partial charge is 0.233 e. The van der Waals surface area contributed by atoms with E-state index in [1.807, 2.05) is 30.3 Å². The summed E-state index contributed by atoms with van der Waals surface area (Å²) in [6.45, 7) is 0.425. The third-order valence-electron chi connectivity index (χ3n) is 6.22. The van der Waals surface area contributed by atoms with Gasteiger partial charge in [0.25, 0.3) is 0 Å². The van der Waals surface area contributed by atoms with Crippen LogP contribution in [0, 0.1) is 11.2 Å². The molecule has 3 aromatic rings. The molecule has 3 aromatic carbocycles. The third kappa shape index (κ3) is 5.29. The number of ether oxygens (including phenoxy) is 1. The highest BCUT2D eigenvalue weighted by Crippen LogP contribution is 2.46. The van der Waals surface area contributed by atoms with E-state index in [-0.39, 0.29) is 37.4 Å². The molecule has 0 radical (unpaired) electrons. The Morgan fingerprint density at radius 2 is 1.61 bits per heavy atom. The van der Waals surface area contributed by atoms with Crippen molar-refractivity contribution in [2.24, 2.45) is 5.41 Å². The fraction of sp³-hybridized carbons (Fsp3) is 0.259. The van der Waals surface area contributed by atoms with Crippen LogP contribution >= 0.6 is 0 Å². The summed E-state index contributed by atoms with van der Waals surface area (Å²) in [5, 5.41) is 14.1. The molecule has 0 saturated heterocycles. The average Bonchev–Trinajstić information content (AvgIpc) is 2.85. The van der Waals surface area contributed by atoms with Crippen LogP contribution in [0.4, 0.5) is 10.1 Å². The molecule has 1 saturated carbocycles. The van der Waals surface area contributed by atoms with Gasteiger partial charge in [0.2, 0.25) is 5.91 Å². The van der Waals surface area contributed by atoms with Gasteiger partial charge in [-0.05, 0) is 60.4 Å². The van der Waals surface area contributed by atoms with Crippen molar-refractivity contribution < 1.29 is 23.8 Å². The zero-order chi connectivity index (χ0) is 23.3. The molecule has 1 fully saturated rings. The minimum absolute atomic E-state index is 0.0806. The summed E-state index contributed by atoms with van der Waals surface area (Å²) in [5.41, 5.74) is 0.902. The Kier molecular flexibility index (Phi) is 6.84. The van der Waals surface area contributed by atoms with Gasteiger partial charge in [-0.25, -0.2) is 4.39 Å². The molecule has 1 aliphatic carbocycles. The first-order valence-electron chi connectivity index (χ1n) is 11.0. The summed E-state index contributed by atoms with van der Waals surface area (Å²) < 4.78 is 19.0. The summed E-state index contributed by atoms with van der Waals surface area (Å²) in [4.78, 5) is 25.2. The molecule has 5 nitrogen and oxygen atoms in total. The highest BCUT2D eigenvalue weighted by atomic mass is 19.1. The molecule has 1 atom stereocenters. The monoisotopic (exact) mass is 447 g/mol. The number of halogens is 1. The van der Waals surface area contributed by atoms with Gasteiger partial charge < -0.3 is 15.2 Å². The molecule has 6 heteroatoms. The minimum atomic E-state index is -1.16. The van der Waals surface area contributed by atoms with E-state index in [1.165, 1.54) is 24.3 Å². The Morgan fingerprint density at radius 1 is 0.970 bits per heavy atom. The van der Waals surface area contributed by atoms with Crippen LogP contribution in [0.15, 0.2) is 78.9 Å². The van der Waals surface area contributed by atoms with Gasteiger partial charge in [0.15, 0.2) is 0 Å². The molecule has 0 bridgehead atoms. The second-order valence-electron chi connectivity index (χ2n) is 8.40. The molecule has 0 unspecified atom stereocenters. The van der Waals surface area contributed by atoms with E-state index in [9.17, 15) is 19.1 Å². The Labute approximate surface area is 192 Å². The predicted octanol–water partition coefficient (Wildman–Crippen LogP) is 5.21. The minimum Gasteiger partial charge on any atom is -0.489 e. The second kappa shape index (κ2) is 9.96. The maximum Gasteiger partial charge on any atom is 0.233 e. The van der Waals surface area contributed by atoms with Crippen molar-refractivity contribution in [3.8, 4) is 5.75 Å². The van der Waals surface area contributed by atoms with Crippen LogP contribution in [0.25, 0.3) is 0 Å². The zero-order valence-electron chi connectivity index (χ0n) is 18.2. The standard InChI is InChI=1S/C27H26FNO4/c28-21-8-10-22(11-9-21)29-26(32)27(16-14-23(30)15-17-27)25(31)20-6-12-24(13-7-20)33-18-19-4-2-1-3-5-19/h1-13,25,31H,14-18H2,(H,29,32)/t25-/m0/s1. The third-order valence-corrected chi connectivity index (χ3v) is 6.22. The fourth-order valence-corrected chi connectivity index (χ4v) is 4.19. The summed E-state index contributed by atoms with van der Waals surface area (Å²) >= 11 is 0. The van der Waals surface area contributed by atoms with Crippen LogP contribution in [-0.2, 0) is 16.2 Å². The molecular formula is C27H26FNO4. The lowest BCUT2D eigenvalue weighted by Gasteiger charge is -2.39. The van der Waals surface area contributed by atoms with E-state index >= 15 is 0 Å². The number of anilines is 1. The molecule has 170 valence electrons. The normalized spacial score (nSPS) is 16.1. The van der Waals surface area contributed by atoms with Crippen LogP contribution in [-0.4, -0.2) is 16.8 Å². The number of aliphatic hydroxyl groups excluding tert-OH is 1. The maximum absolute atomic E-state index is 13.3. The first kappa shape index (κ1) is 22.7. The molecule has 0 heterocycles. The number of hydrogen-bond donors (Lipinski definition) is 2. The molecule has 1 amide bonds. The molecule has 0 spiro atoms. The van der Waals surface area contributed by atoms with E-state index in [4.69, 9.17) is 4.74 Å². The molecule has 0 aliphatic heterocycles. The number of carbonyl (C=O) groups is 2.